The number of aryl methyl sites for hydroxylation is 1. The molecule has 0 aromatic carbocycles. The zero-order chi connectivity index (χ0) is 15.2. The highest BCUT2D eigenvalue weighted by molar-refractivity contribution is 5.84. The molecule has 1 aliphatic carbocycles. The molecule has 0 radical (unpaired) electrons. The zero-order valence-corrected chi connectivity index (χ0v) is 13.4. The number of aromatic nitrogens is 2. The molecule has 3 rings (SSSR count). The molecule has 114 valence electrons. The molecule has 0 spiro atoms. The number of fused-ring (bicyclic) bond motifs is 1. The molecule has 1 aliphatic heterocycles. The van der Waals surface area contributed by atoms with Crippen molar-refractivity contribution in [3.05, 3.63) is 29.9 Å². The molecule has 0 saturated heterocycles. The van der Waals surface area contributed by atoms with E-state index in [1.54, 1.807) is 0 Å². The largest absolute Gasteiger partial charge is 0.351 e. The van der Waals surface area contributed by atoms with Crippen molar-refractivity contribution in [2.75, 3.05) is 0 Å². The van der Waals surface area contributed by atoms with Gasteiger partial charge in [0.1, 0.15) is 5.82 Å². The second-order valence-electron chi connectivity index (χ2n) is 7.31. The van der Waals surface area contributed by atoms with Crippen LogP contribution >= 0.6 is 0 Å². The molecular weight excluding hydrogens is 262 g/mol. The molecule has 1 saturated carbocycles. The van der Waals surface area contributed by atoms with Crippen LogP contribution in [0.1, 0.15) is 39.9 Å². The number of nitrogens with zero attached hydrogens (tertiary/aromatic N) is 2. The van der Waals surface area contributed by atoms with Gasteiger partial charge in [-0.25, -0.2) is 4.98 Å². The van der Waals surface area contributed by atoms with Crippen LogP contribution in [0.2, 0.25) is 0 Å². The highest BCUT2D eigenvalue weighted by Crippen LogP contribution is 2.59. The maximum Gasteiger partial charge on any atom is 0.224 e. The summed E-state index contributed by atoms with van der Waals surface area (Å²) in [6, 6.07) is 0.239. The number of amides is 1. The number of carbonyl (C=O) groups is 1. The van der Waals surface area contributed by atoms with E-state index in [4.69, 9.17) is 0 Å². The van der Waals surface area contributed by atoms with E-state index in [9.17, 15) is 4.79 Å². The SMILES string of the molecule is CC(C)=C[C@@H]1[C@H](C(=O)N[C@H]2CCc3nccn3C2)C1(C)C. The molecule has 1 amide bonds. The number of allylic oxidation sites excluding steroid dienone is 2. The van der Waals surface area contributed by atoms with Crippen molar-refractivity contribution in [2.24, 2.45) is 17.3 Å². The number of hydrogen-bond acceptors (Lipinski definition) is 2. The predicted octanol–water partition coefficient (Wildman–Crippen LogP) is 2.55. The van der Waals surface area contributed by atoms with Crippen LogP contribution in [0.3, 0.4) is 0 Å². The van der Waals surface area contributed by atoms with Gasteiger partial charge in [-0.1, -0.05) is 25.5 Å². The lowest BCUT2D eigenvalue weighted by Crippen LogP contribution is -2.42. The van der Waals surface area contributed by atoms with E-state index < -0.39 is 0 Å². The molecule has 2 aliphatic rings. The molecule has 1 aromatic heterocycles. The predicted molar refractivity (Wildman–Crippen MR) is 82.7 cm³/mol. The highest BCUT2D eigenvalue weighted by Gasteiger charge is 2.60. The maximum absolute atomic E-state index is 12.6. The van der Waals surface area contributed by atoms with Gasteiger partial charge in [0.15, 0.2) is 0 Å². The van der Waals surface area contributed by atoms with Gasteiger partial charge in [-0.15, -0.1) is 0 Å². The lowest BCUT2D eigenvalue weighted by molar-refractivity contribution is -0.124. The Balaban J connectivity index is 1.62. The molecule has 0 bridgehead atoms. The van der Waals surface area contributed by atoms with Crippen LogP contribution in [-0.4, -0.2) is 21.5 Å². The van der Waals surface area contributed by atoms with E-state index in [0.717, 1.165) is 25.2 Å². The van der Waals surface area contributed by atoms with Crippen molar-refractivity contribution in [2.45, 2.75) is 53.1 Å². The van der Waals surface area contributed by atoms with Gasteiger partial charge in [0.05, 0.1) is 5.92 Å². The molecule has 21 heavy (non-hydrogen) atoms. The van der Waals surface area contributed by atoms with Gasteiger partial charge in [-0.3, -0.25) is 4.79 Å². The summed E-state index contributed by atoms with van der Waals surface area (Å²) in [7, 11) is 0. The normalized spacial score (nSPS) is 29.4. The molecule has 1 fully saturated rings. The standard InChI is InChI=1S/C17H25N3O/c1-11(2)9-13-15(17(13,3)4)16(21)19-12-5-6-14-18-7-8-20(14)10-12/h7-9,12-13,15H,5-6,10H2,1-4H3,(H,19,21)/t12-,13+,15+/m0/s1. The molecule has 1 N–H and O–H groups in total. The van der Waals surface area contributed by atoms with E-state index >= 15 is 0 Å². The van der Waals surface area contributed by atoms with Crippen molar-refractivity contribution in [3.63, 3.8) is 0 Å². The van der Waals surface area contributed by atoms with E-state index in [-0.39, 0.29) is 23.3 Å². The smallest absolute Gasteiger partial charge is 0.224 e. The van der Waals surface area contributed by atoms with Crippen LogP contribution in [0.4, 0.5) is 0 Å². The van der Waals surface area contributed by atoms with Crippen LogP contribution in [-0.2, 0) is 17.8 Å². The Morgan fingerprint density at radius 3 is 2.95 bits per heavy atom. The van der Waals surface area contributed by atoms with Gasteiger partial charge in [0.2, 0.25) is 5.91 Å². The molecular formula is C17H25N3O. The van der Waals surface area contributed by atoms with E-state index in [1.165, 1.54) is 5.57 Å². The number of carbonyl (C=O) groups excluding carboxylic acids is 1. The Morgan fingerprint density at radius 2 is 2.24 bits per heavy atom. The van der Waals surface area contributed by atoms with Crippen LogP contribution < -0.4 is 5.32 Å². The second kappa shape index (κ2) is 5.00. The van der Waals surface area contributed by atoms with Crippen molar-refractivity contribution in [1.82, 2.24) is 14.9 Å². The first-order valence-corrected chi connectivity index (χ1v) is 7.85. The molecule has 4 heteroatoms. The fourth-order valence-electron chi connectivity index (χ4n) is 3.62. The molecule has 1 aromatic rings. The van der Waals surface area contributed by atoms with E-state index in [0.29, 0.717) is 5.92 Å². The average molecular weight is 287 g/mol. The van der Waals surface area contributed by atoms with Crippen molar-refractivity contribution < 1.29 is 4.79 Å². The third-order valence-electron chi connectivity index (χ3n) is 4.99. The van der Waals surface area contributed by atoms with E-state index in [1.807, 2.05) is 12.4 Å². The third kappa shape index (κ3) is 2.63. The minimum Gasteiger partial charge on any atom is -0.351 e. The highest BCUT2D eigenvalue weighted by atomic mass is 16.2. The Hall–Kier alpha value is -1.58. The summed E-state index contributed by atoms with van der Waals surface area (Å²) >= 11 is 0. The molecule has 3 atom stereocenters. The topological polar surface area (TPSA) is 46.9 Å². The minimum atomic E-state index is 0.0934. The summed E-state index contributed by atoms with van der Waals surface area (Å²) in [5, 5.41) is 3.25. The summed E-state index contributed by atoms with van der Waals surface area (Å²) in [5.74, 6) is 1.86. The first kappa shape index (κ1) is 14.4. The average Bonchev–Trinajstić information content (AvgIpc) is 2.74. The quantitative estimate of drug-likeness (QED) is 0.869. The van der Waals surface area contributed by atoms with Gasteiger partial charge in [0.25, 0.3) is 0 Å². The van der Waals surface area contributed by atoms with E-state index in [2.05, 4.69) is 48.6 Å². The van der Waals surface area contributed by atoms with Crippen LogP contribution in [0.5, 0.6) is 0 Å². The Morgan fingerprint density at radius 1 is 1.48 bits per heavy atom. The molecule has 0 unspecified atom stereocenters. The first-order chi connectivity index (χ1) is 9.89. The van der Waals surface area contributed by atoms with Gasteiger partial charge >= 0.3 is 0 Å². The van der Waals surface area contributed by atoms with Gasteiger partial charge in [0, 0.05) is 31.4 Å². The van der Waals surface area contributed by atoms with Crippen LogP contribution in [0, 0.1) is 17.3 Å². The van der Waals surface area contributed by atoms with Crippen molar-refractivity contribution >= 4 is 5.91 Å². The van der Waals surface area contributed by atoms with Gasteiger partial charge in [-0.2, -0.15) is 0 Å². The maximum atomic E-state index is 12.6. The fourth-order valence-corrected chi connectivity index (χ4v) is 3.62. The number of rotatable bonds is 3. The second-order valence-corrected chi connectivity index (χ2v) is 7.31. The Bertz CT molecular complexity index is 581. The van der Waals surface area contributed by atoms with Gasteiger partial charge in [-0.05, 0) is 31.6 Å². The fraction of sp³-hybridized carbons (Fsp3) is 0.647. The summed E-state index contributed by atoms with van der Waals surface area (Å²) in [6.07, 6.45) is 8.03. The summed E-state index contributed by atoms with van der Waals surface area (Å²) in [6.45, 7) is 9.43. The number of imidazole rings is 1. The number of hydrogen-bond donors (Lipinski definition) is 1. The van der Waals surface area contributed by atoms with Crippen LogP contribution in [0.15, 0.2) is 24.0 Å². The third-order valence-corrected chi connectivity index (χ3v) is 4.99. The minimum absolute atomic E-state index is 0.0934. The summed E-state index contributed by atoms with van der Waals surface area (Å²) in [5.41, 5.74) is 1.39. The lowest BCUT2D eigenvalue weighted by Gasteiger charge is -2.25. The van der Waals surface area contributed by atoms with Gasteiger partial charge < -0.3 is 9.88 Å². The first-order valence-electron chi connectivity index (χ1n) is 7.85. The summed E-state index contributed by atoms with van der Waals surface area (Å²) in [4.78, 5) is 16.9. The molecule has 2 heterocycles. The Labute approximate surface area is 126 Å². The monoisotopic (exact) mass is 287 g/mol. The number of nitrogens with one attached hydrogen (secondary N) is 1. The molecule has 4 nitrogen and oxygen atoms in total. The van der Waals surface area contributed by atoms with Crippen LogP contribution in [0.25, 0.3) is 0 Å². The van der Waals surface area contributed by atoms with Crippen molar-refractivity contribution in [3.8, 4) is 0 Å². The van der Waals surface area contributed by atoms with Crippen molar-refractivity contribution in [1.29, 1.82) is 0 Å². The lowest BCUT2D eigenvalue weighted by atomic mass is 10.1. The summed E-state index contributed by atoms with van der Waals surface area (Å²) < 4.78 is 2.15. The zero-order valence-electron chi connectivity index (χ0n) is 13.4. The Kier molecular flexibility index (Phi) is 3.42.